The summed E-state index contributed by atoms with van der Waals surface area (Å²) >= 11 is 2.00. The van der Waals surface area contributed by atoms with Crippen molar-refractivity contribution in [3.05, 3.63) is 50.2 Å². The zero-order chi connectivity index (χ0) is 19.3. The molecule has 3 aliphatic rings. The van der Waals surface area contributed by atoms with Crippen molar-refractivity contribution in [3.8, 4) is 0 Å². The number of unbranched alkanes of at least 4 members (excludes halogenated alkanes) is 1. The maximum atomic E-state index is 12.9. The molecule has 3 heterocycles. The second-order valence-electron chi connectivity index (χ2n) is 8.90. The Morgan fingerprint density at radius 2 is 2.11 bits per heavy atom. The van der Waals surface area contributed by atoms with Crippen molar-refractivity contribution < 1.29 is 4.79 Å². The predicted molar refractivity (Wildman–Crippen MR) is 116 cm³/mol. The summed E-state index contributed by atoms with van der Waals surface area (Å²) in [5, 5.41) is 3.18. The number of hydrogen-bond acceptors (Lipinski definition) is 3. The van der Waals surface area contributed by atoms with Gasteiger partial charge in [0, 0.05) is 28.5 Å². The van der Waals surface area contributed by atoms with Gasteiger partial charge in [-0.2, -0.15) is 0 Å². The Hall–Kier alpha value is -1.65. The fourth-order valence-electron chi connectivity index (χ4n) is 5.68. The number of fused-ring (bicyclic) bond motifs is 1. The van der Waals surface area contributed by atoms with E-state index in [2.05, 4.69) is 42.3 Å². The van der Waals surface area contributed by atoms with Crippen LogP contribution in [-0.2, 0) is 29.6 Å². The van der Waals surface area contributed by atoms with E-state index in [9.17, 15) is 4.79 Å². The summed E-state index contributed by atoms with van der Waals surface area (Å²) in [5.41, 5.74) is 6.66. The molecular formula is C24H30N2OS. The summed E-state index contributed by atoms with van der Waals surface area (Å²) < 4.78 is 0. The van der Waals surface area contributed by atoms with Crippen molar-refractivity contribution in [1.29, 1.82) is 0 Å². The standard InChI is InChI=1S/C24H30N2OS/c1-16-17(2)28-21-10-14-26(15-19(16)21)13-4-3-11-24-12-6-8-18-7-5-9-20(22(18)24)25-23(24)27/h5,7,9H,3-4,6,8,10-15H2,1-2H3,(H,25,27)/t24-/m1/s1. The fraction of sp³-hybridized carbons (Fsp3) is 0.542. The van der Waals surface area contributed by atoms with Crippen molar-refractivity contribution in [2.45, 2.75) is 70.8 Å². The molecule has 2 aliphatic heterocycles. The third kappa shape index (κ3) is 2.84. The number of carbonyl (C=O) groups is 1. The molecule has 0 saturated heterocycles. The van der Waals surface area contributed by atoms with E-state index in [0.29, 0.717) is 0 Å². The van der Waals surface area contributed by atoms with Crippen molar-refractivity contribution in [2.75, 3.05) is 18.4 Å². The van der Waals surface area contributed by atoms with E-state index < -0.39 is 0 Å². The molecule has 3 nitrogen and oxygen atoms in total. The molecule has 0 radical (unpaired) electrons. The summed E-state index contributed by atoms with van der Waals surface area (Å²) in [6.45, 7) is 7.99. The van der Waals surface area contributed by atoms with E-state index in [1.54, 1.807) is 10.4 Å². The number of nitrogens with one attached hydrogen (secondary N) is 1. The highest BCUT2D eigenvalue weighted by atomic mass is 32.1. The molecule has 2 aromatic rings. The topological polar surface area (TPSA) is 32.3 Å². The average Bonchev–Trinajstić information content (AvgIpc) is 3.15. The molecule has 0 spiro atoms. The van der Waals surface area contributed by atoms with Crippen molar-refractivity contribution in [3.63, 3.8) is 0 Å². The van der Waals surface area contributed by atoms with Gasteiger partial charge in [-0.15, -0.1) is 11.3 Å². The molecule has 1 aromatic heterocycles. The van der Waals surface area contributed by atoms with Crippen LogP contribution in [0, 0.1) is 13.8 Å². The zero-order valence-electron chi connectivity index (χ0n) is 17.1. The highest BCUT2D eigenvalue weighted by Gasteiger charge is 2.48. The number of thiophene rings is 1. The predicted octanol–water partition coefficient (Wildman–Crippen LogP) is 5.12. The molecule has 148 valence electrons. The van der Waals surface area contributed by atoms with E-state index in [1.165, 1.54) is 41.0 Å². The molecule has 4 heteroatoms. The van der Waals surface area contributed by atoms with Gasteiger partial charge >= 0.3 is 0 Å². The highest BCUT2D eigenvalue weighted by molar-refractivity contribution is 7.12. The summed E-state index contributed by atoms with van der Waals surface area (Å²) in [4.78, 5) is 18.6. The first-order valence-electron chi connectivity index (χ1n) is 10.8. The second kappa shape index (κ2) is 7.00. The van der Waals surface area contributed by atoms with Crippen LogP contribution in [-0.4, -0.2) is 23.9 Å². The van der Waals surface area contributed by atoms with Crippen LogP contribution in [0.15, 0.2) is 18.2 Å². The average molecular weight is 395 g/mol. The van der Waals surface area contributed by atoms with Gasteiger partial charge in [-0.1, -0.05) is 18.6 Å². The molecule has 1 aliphatic carbocycles. The van der Waals surface area contributed by atoms with Crippen LogP contribution in [0.4, 0.5) is 5.69 Å². The largest absolute Gasteiger partial charge is 0.325 e. The van der Waals surface area contributed by atoms with Crippen LogP contribution < -0.4 is 5.32 Å². The van der Waals surface area contributed by atoms with Crippen LogP contribution >= 0.6 is 11.3 Å². The first-order chi connectivity index (χ1) is 13.6. The maximum Gasteiger partial charge on any atom is 0.235 e. The van der Waals surface area contributed by atoms with Gasteiger partial charge in [0.1, 0.15) is 0 Å². The Kier molecular flexibility index (Phi) is 4.59. The molecular weight excluding hydrogens is 364 g/mol. The SMILES string of the molecule is Cc1sc2c(c1C)CN(CCCC[C@@]13CCCc4cccc(c41)NC3=O)CC2. The number of carbonyl (C=O) groups excluding carboxylic acids is 1. The minimum Gasteiger partial charge on any atom is -0.325 e. The van der Waals surface area contributed by atoms with Crippen LogP contribution in [0.3, 0.4) is 0 Å². The molecule has 0 unspecified atom stereocenters. The zero-order valence-corrected chi connectivity index (χ0v) is 17.9. The first-order valence-corrected chi connectivity index (χ1v) is 11.6. The number of anilines is 1. The molecule has 28 heavy (non-hydrogen) atoms. The van der Waals surface area contributed by atoms with Crippen molar-refractivity contribution >= 4 is 22.9 Å². The summed E-state index contributed by atoms with van der Waals surface area (Å²) in [6.07, 6.45) is 7.79. The van der Waals surface area contributed by atoms with Crippen LogP contribution in [0.1, 0.15) is 64.1 Å². The molecule has 0 bridgehead atoms. The van der Waals surface area contributed by atoms with E-state index in [1.807, 2.05) is 11.3 Å². The Balaban J connectivity index is 1.22. The van der Waals surface area contributed by atoms with Gasteiger partial charge in [-0.05, 0) is 87.2 Å². The number of amides is 1. The lowest BCUT2D eigenvalue weighted by Gasteiger charge is -2.33. The Morgan fingerprint density at radius 3 is 3.00 bits per heavy atom. The third-order valence-corrected chi connectivity index (χ3v) is 8.63. The van der Waals surface area contributed by atoms with Gasteiger partial charge in [-0.3, -0.25) is 9.69 Å². The highest BCUT2D eigenvalue weighted by Crippen LogP contribution is 2.49. The van der Waals surface area contributed by atoms with Crippen LogP contribution in [0.5, 0.6) is 0 Å². The second-order valence-corrected chi connectivity index (χ2v) is 10.2. The van der Waals surface area contributed by atoms with Gasteiger partial charge in [0.2, 0.25) is 5.91 Å². The lowest BCUT2D eigenvalue weighted by atomic mass is 9.68. The van der Waals surface area contributed by atoms with Gasteiger partial charge in [0.05, 0.1) is 5.41 Å². The van der Waals surface area contributed by atoms with Gasteiger partial charge in [0.25, 0.3) is 0 Å². The molecule has 0 fully saturated rings. The first kappa shape index (κ1) is 18.4. The van der Waals surface area contributed by atoms with Gasteiger partial charge in [0.15, 0.2) is 0 Å². The van der Waals surface area contributed by atoms with E-state index in [4.69, 9.17) is 0 Å². The number of benzene rings is 1. The van der Waals surface area contributed by atoms with Crippen molar-refractivity contribution in [2.24, 2.45) is 0 Å². The number of rotatable bonds is 5. The molecule has 0 saturated carbocycles. The normalized spacial score (nSPS) is 23.4. The van der Waals surface area contributed by atoms with E-state index >= 15 is 0 Å². The van der Waals surface area contributed by atoms with Crippen molar-refractivity contribution in [1.82, 2.24) is 4.90 Å². The molecule has 1 amide bonds. The molecule has 1 atom stereocenters. The monoisotopic (exact) mass is 394 g/mol. The lowest BCUT2D eigenvalue weighted by Crippen LogP contribution is -2.37. The number of hydrogen-bond donors (Lipinski definition) is 1. The molecule has 5 rings (SSSR count). The minimum atomic E-state index is -0.250. The summed E-state index contributed by atoms with van der Waals surface area (Å²) in [7, 11) is 0. The molecule has 1 aromatic carbocycles. The van der Waals surface area contributed by atoms with Crippen LogP contribution in [0.2, 0.25) is 0 Å². The lowest BCUT2D eigenvalue weighted by molar-refractivity contribution is -0.121. The maximum absolute atomic E-state index is 12.9. The van der Waals surface area contributed by atoms with Gasteiger partial charge < -0.3 is 5.32 Å². The fourth-order valence-corrected chi connectivity index (χ4v) is 6.86. The van der Waals surface area contributed by atoms with E-state index in [0.717, 1.165) is 50.9 Å². The summed E-state index contributed by atoms with van der Waals surface area (Å²) in [6, 6.07) is 6.40. The Labute approximate surface area is 172 Å². The minimum absolute atomic E-state index is 0.250. The number of nitrogens with zero attached hydrogens (tertiary/aromatic N) is 1. The number of aryl methyl sites for hydroxylation is 2. The van der Waals surface area contributed by atoms with E-state index in [-0.39, 0.29) is 11.3 Å². The summed E-state index contributed by atoms with van der Waals surface area (Å²) in [5.74, 6) is 0.252. The Morgan fingerprint density at radius 1 is 1.21 bits per heavy atom. The third-order valence-electron chi connectivity index (χ3n) is 7.32. The van der Waals surface area contributed by atoms with Crippen LogP contribution in [0.25, 0.3) is 0 Å². The smallest absolute Gasteiger partial charge is 0.235 e. The van der Waals surface area contributed by atoms with Gasteiger partial charge in [-0.25, -0.2) is 0 Å². The molecule has 1 N–H and O–H groups in total. The quantitative estimate of drug-likeness (QED) is 0.714. The Bertz CT molecular complexity index is 931.